The van der Waals surface area contributed by atoms with Crippen molar-refractivity contribution in [3.63, 3.8) is 0 Å². The van der Waals surface area contributed by atoms with Gasteiger partial charge in [-0.05, 0) is 12.5 Å². The van der Waals surface area contributed by atoms with Crippen LogP contribution >= 0.6 is 0 Å². The second-order valence-corrected chi connectivity index (χ2v) is 6.25. The van der Waals surface area contributed by atoms with Gasteiger partial charge in [-0.25, -0.2) is 9.36 Å². The third kappa shape index (κ3) is 3.26. The molecule has 26 heavy (non-hydrogen) atoms. The number of amides is 1. The molecule has 0 bridgehead atoms. The van der Waals surface area contributed by atoms with E-state index in [0.29, 0.717) is 13.1 Å². The van der Waals surface area contributed by atoms with E-state index in [1.807, 2.05) is 41.2 Å². The summed E-state index contributed by atoms with van der Waals surface area (Å²) in [6, 6.07) is 12.9. The average Bonchev–Trinajstić information content (AvgIpc) is 3.34. The molecule has 132 valence electrons. The van der Waals surface area contributed by atoms with E-state index in [2.05, 4.69) is 15.4 Å². The lowest BCUT2D eigenvalue weighted by molar-refractivity contribution is -0.131. The third-order valence-electron chi connectivity index (χ3n) is 4.54. The predicted octanol–water partition coefficient (Wildman–Crippen LogP) is 0.975. The van der Waals surface area contributed by atoms with Crippen LogP contribution in [0.1, 0.15) is 12.5 Å². The molecule has 3 aromatic rings. The summed E-state index contributed by atoms with van der Waals surface area (Å²) < 4.78 is 3.00. The Morgan fingerprint density at radius 1 is 1.15 bits per heavy atom. The van der Waals surface area contributed by atoms with Gasteiger partial charge in [0, 0.05) is 30.9 Å². The molecule has 1 aromatic carbocycles. The van der Waals surface area contributed by atoms with E-state index in [1.54, 1.807) is 11.0 Å². The highest BCUT2D eigenvalue weighted by Gasteiger charge is 2.28. The van der Waals surface area contributed by atoms with E-state index in [4.69, 9.17) is 0 Å². The first-order valence-electron chi connectivity index (χ1n) is 8.48. The van der Waals surface area contributed by atoms with Crippen LogP contribution in [0.15, 0.2) is 59.7 Å². The maximum absolute atomic E-state index is 12.5. The van der Waals surface area contributed by atoms with Crippen molar-refractivity contribution in [1.82, 2.24) is 29.7 Å². The van der Waals surface area contributed by atoms with Gasteiger partial charge in [0.25, 0.3) is 5.56 Å². The Bertz CT molecular complexity index is 965. The van der Waals surface area contributed by atoms with E-state index in [0.717, 1.165) is 17.7 Å². The lowest BCUT2D eigenvalue weighted by Gasteiger charge is -2.16. The fraction of sp³-hybridized carbons (Fsp3) is 0.278. The maximum atomic E-state index is 12.5. The Morgan fingerprint density at radius 3 is 2.81 bits per heavy atom. The van der Waals surface area contributed by atoms with Crippen molar-refractivity contribution in [3.8, 4) is 11.3 Å². The lowest BCUT2D eigenvalue weighted by atomic mass is 10.2. The highest BCUT2D eigenvalue weighted by molar-refractivity contribution is 5.76. The van der Waals surface area contributed by atoms with Crippen LogP contribution in [0.5, 0.6) is 0 Å². The Kier molecular flexibility index (Phi) is 4.30. The van der Waals surface area contributed by atoms with Crippen LogP contribution in [0.25, 0.3) is 11.3 Å². The molecule has 1 unspecified atom stereocenters. The molecule has 1 saturated heterocycles. The number of benzene rings is 1. The largest absolute Gasteiger partial charge is 0.339 e. The van der Waals surface area contributed by atoms with Crippen LogP contribution in [-0.2, 0) is 11.3 Å². The van der Waals surface area contributed by atoms with Crippen molar-refractivity contribution < 1.29 is 4.79 Å². The van der Waals surface area contributed by atoms with Crippen molar-refractivity contribution in [2.45, 2.75) is 19.0 Å². The van der Waals surface area contributed by atoms with Crippen LogP contribution in [0, 0.1) is 0 Å². The van der Waals surface area contributed by atoms with Crippen LogP contribution in [0.3, 0.4) is 0 Å². The minimum Gasteiger partial charge on any atom is -0.339 e. The van der Waals surface area contributed by atoms with Gasteiger partial charge in [-0.2, -0.15) is 5.10 Å². The SMILES string of the molecule is O=C(Cn1ncccc1=O)N1CCC(n2cc(-c3ccccc3)nn2)C1. The molecule has 8 heteroatoms. The average molecular weight is 350 g/mol. The second kappa shape index (κ2) is 6.91. The number of likely N-dealkylation sites (tertiary alicyclic amines) is 1. The highest BCUT2D eigenvalue weighted by atomic mass is 16.2. The maximum Gasteiger partial charge on any atom is 0.267 e. The molecule has 0 saturated carbocycles. The zero-order valence-corrected chi connectivity index (χ0v) is 14.1. The summed E-state index contributed by atoms with van der Waals surface area (Å²) in [6.07, 6.45) is 4.22. The van der Waals surface area contributed by atoms with Gasteiger partial charge in [0.15, 0.2) is 0 Å². The molecule has 0 radical (unpaired) electrons. The smallest absolute Gasteiger partial charge is 0.267 e. The zero-order chi connectivity index (χ0) is 17.9. The van der Waals surface area contributed by atoms with E-state index in [1.165, 1.54) is 16.9 Å². The molecular formula is C18H18N6O2. The van der Waals surface area contributed by atoms with Crippen LogP contribution < -0.4 is 5.56 Å². The molecule has 2 aromatic heterocycles. The van der Waals surface area contributed by atoms with E-state index < -0.39 is 0 Å². The lowest BCUT2D eigenvalue weighted by Crippen LogP contribution is -2.36. The molecular weight excluding hydrogens is 332 g/mol. The molecule has 3 heterocycles. The number of hydrogen-bond acceptors (Lipinski definition) is 5. The number of rotatable bonds is 4. The Balaban J connectivity index is 1.42. The topological polar surface area (TPSA) is 85.9 Å². The van der Waals surface area contributed by atoms with Gasteiger partial charge in [0.1, 0.15) is 12.2 Å². The number of aromatic nitrogens is 5. The van der Waals surface area contributed by atoms with Crippen LogP contribution in [0.4, 0.5) is 0 Å². The van der Waals surface area contributed by atoms with Gasteiger partial charge < -0.3 is 4.90 Å². The zero-order valence-electron chi connectivity index (χ0n) is 14.1. The van der Waals surface area contributed by atoms with E-state index >= 15 is 0 Å². The third-order valence-corrected chi connectivity index (χ3v) is 4.54. The van der Waals surface area contributed by atoms with Gasteiger partial charge in [-0.1, -0.05) is 35.5 Å². The Hall–Kier alpha value is -3.29. The molecule has 1 atom stereocenters. The number of hydrogen-bond donors (Lipinski definition) is 0. The Labute approximate surface area is 149 Å². The fourth-order valence-electron chi connectivity index (χ4n) is 3.11. The molecule has 1 amide bonds. The molecule has 1 fully saturated rings. The molecule has 0 N–H and O–H groups in total. The standard InChI is InChI=1S/C18H18N6O2/c25-17-7-4-9-19-24(17)13-18(26)22-10-8-15(11-22)23-12-16(20-21-23)14-5-2-1-3-6-14/h1-7,9,12,15H,8,10-11,13H2. The Morgan fingerprint density at radius 2 is 2.00 bits per heavy atom. The summed E-state index contributed by atoms with van der Waals surface area (Å²) in [5.41, 5.74) is 1.55. The van der Waals surface area contributed by atoms with Gasteiger partial charge in [0.2, 0.25) is 5.91 Å². The summed E-state index contributed by atoms with van der Waals surface area (Å²) >= 11 is 0. The quantitative estimate of drug-likeness (QED) is 0.700. The molecule has 0 aliphatic carbocycles. The van der Waals surface area contributed by atoms with Crippen LogP contribution in [-0.4, -0.2) is 48.7 Å². The first-order chi connectivity index (χ1) is 12.7. The summed E-state index contributed by atoms with van der Waals surface area (Å²) in [4.78, 5) is 25.9. The molecule has 1 aliphatic heterocycles. The minimum atomic E-state index is -0.277. The van der Waals surface area contributed by atoms with Crippen molar-refractivity contribution in [1.29, 1.82) is 0 Å². The van der Waals surface area contributed by atoms with E-state index in [-0.39, 0.29) is 24.1 Å². The number of carbonyl (C=O) groups excluding carboxylic acids is 1. The molecule has 4 rings (SSSR count). The van der Waals surface area contributed by atoms with Crippen LogP contribution in [0.2, 0.25) is 0 Å². The van der Waals surface area contributed by atoms with Gasteiger partial charge in [-0.15, -0.1) is 5.10 Å². The van der Waals surface area contributed by atoms with Crippen molar-refractivity contribution >= 4 is 5.91 Å². The molecule has 0 spiro atoms. The van der Waals surface area contributed by atoms with Gasteiger partial charge in [0.05, 0.1) is 12.2 Å². The first-order valence-corrected chi connectivity index (χ1v) is 8.48. The van der Waals surface area contributed by atoms with Gasteiger partial charge in [-0.3, -0.25) is 9.59 Å². The van der Waals surface area contributed by atoms with Gasteiger partial charge >= 0.3 is 0 Å². The van der Waals surface area contributed by atoms with E-state index in [9.17, 15) is 9.59 Å². The second-order valence-electron chi connectivity index (χ2n) is 6.25. The normalized spacial score (nSPS) is 16.8. The summed E-state index contributed by atoms with van der Waals surface area (Å²) in [6.45, 7) is 1.14. The molecule has 1 aliphatic rings. The highest BCUT2D eigenvalue weighted by Crippen LogP contribution is 2.23. The molecule has 8 nitrogen and oxygen atoms in total. The monoisotopic (exact) mass is 350 g/mol. The van der Waals surface area contributed by atoms with Crippen molar-refractivity contribution in [3.05, 3.63) is 65.2 Å². The number of carbonyl (C=O) groups is 1. The summed E-state index contributed by atoms with van der Waals surface area (Å²) in [7, 11) is 0. The fourth-order valence-corrected chi connectivity index (χ4v) is 3.11. The first kappa shape index (κ1) is 16.2. The summed E-state index contributed by atoms with van der Waals surface area (Å²) in [5.74, 6) is -0.114. The van der Waals surface area contributed by atoms with Crippen molar-refractivity contribution in [2.75, 3.05) is 13.1 Å². The summed E-state index contributed by atoms with van der Waals surface area (Å²) in [5, 5.41) is 12.4. The van der Waals surface area contributed by atoms with Crippen molar-refractivity contribution in [2.24, 2.45) is 0 Å². The minimum absolute atomic E-state index is 0.0426. The predicted molar refractivity (Wildman–Crippen MR) is 94.2 cm³/mol. The number of nitrogens with zero attached hydrogens (tertiary/aromatic N) is 6.